The summed E-state index contributed by atoms with van der Waals surface area (Å²) in [6, 6.07) is 9.93. The van der Waals surface area contributed by atoms with Gasteiger partial charge in [-0.3, -0.25) is 4.90 Å². The molecule has 1 saturated heterocycles. The summed E-state index contributed by atoms with van der Waals surface area (Å²) in [5.74, 6) is 2.29. The van der Waals surface area contributed by atoms with Gasteiger partial charge in [0.1, 0.15) is 0 Å². The summed E-state index contributed by atoms with van der Waals surface area (Å²) in [5, 5.41) is 4.14. The van der Waals surface area contributed by atoms with Crippen molar-refractivity contribution in [2.75, 3.05) is 37.6 Å². The molecule has 1 aromatic heterocycles. The second-order valence-electron chi connectivity index (χ2n) is 6.00. The number of anilines is 1. The maximum absolute atomic E-state index is 5.39. The van der Waals surface area contributed by atoms with Gasteiger partial charge in [0.05, 0.1) is 0 Å². The molecule has 0 bridgehead atoms. The van der Waals surface area contributed by atoms with E-state index in [0.29, 0.717) is 5.89 Å². The van der Waals surface area contributed by atoms with Gasteiger partial charge in [0.15, 0.2) is 0 Å². The Bertz CT molecular complexity index is 585. The van der Waals surface area contributed by atoms with Gasteiger partial charge in [-0.15, -0.1) is 0 Å². The zero-order valence-electron chi connectivity index (χ0n) is 12.1. The van der Waals surface area contributed by atoms with Gasteiger partial charge in [-0.2, -0.15) is 4.98 Å². The van der Waals surface area contributed by atoms with Gasteiger partial charge in [-0.05, 0) is 36.0 Å². The van der Waals surface area contributed by atoms with Crippen molar-refractivity contribution in [2.24, 2.45) is 5.92 Å². The highest BCUT2D eigenvalue weighted by Crippen LogP contribution is 2.30. The molecular formula is C16H20N4O. The lowest BCUT2D eigenvalue weighted by Crippen LogP contribution is -2.47. The number of rotatable bonds is 4. The Morgan fingerprint density at radius 1 is 1.05 bits per heavy atom. The number of nitrogens with zero attached hydrogens (tertiary/aromatic N) is 4. The van der Waals surface area contributed by atoms with Crippen LogP contribution in [-0.2, 0) is 0 Å². The Morgan fingerprint density at radius 2 is 1.81 bits per heavy atom. The molecule has 21 heavy (non-hydrogen) atoms. The standard InChI is InChI=1S/C16H20N4O/c1-2-4-14(5-3-1)15-17-16(18-21-15)20-10-8-19(9-11-20)12-13-6-7-13/h1-5,13H,6-12H2. The summed E-state index contributed by atoms with van der Waals surface area (Å²) in [6.45, 7) is 5.45. The Labute approximate surface area is 124 Å². The molecule has 1 saturated carbocycles. The molecule has 1 aliphatic heterocycles. The molecule has 2 fully saturated rings. The third kappa shape index (κ3) is 2.93. The first-order valence-electron chi connectivity index (χ1n) is 7.75. The highest BCUT2D eigenvalue weighted by molar-refractivity contribution is 5.54. The largest absolute Gasteiger partial charge is 0.336 e. The lowest BCUT2D eigenvalue weighted by atomic mass is 10.2. The fraction of sp³-hybridized carbons (Fsp3) is 0.500. The molecule has 0 atom stereocenters. The predicted molar refractivity (Wildman–Crippen MR) is 81.1 cm³/mol. The van der Waals surface area contributed by atoms with E-state index in [1.54, 1.807) is 0 Å². The molecule has 1 aromatic carbocycles. The summed E-state index contributed by atoms with van der Waals surface area (Å²) in [4.78, 5) is 9.32. The predicted octanol–water partition coefficient (Wildman–Crippen LogP) is 2.27. The molecule has 5 heteroatoms. The van der Waals surface area contributed by atoms with Gasteiger partial charge in [0.25, 0.3) is 11.8 Å². The van der Waals surface area contributed by atoms with E-state index in [4.69, 9.17) is 4.52 Å². The molecule has 0 amide bonds. The number of benzene rings is 1. The van der Waals surface area contributed by atoms with E-state index in [0.717, 1.165) is 43.6 Å². The van der Waals surface area contributed by atoms with Gasteiger partial charge in [0.2, 0.25) is 0 Å². The molecule has 5 nitrogen and oxygen atoms in total. The van der Waals surface area contributed by atoms with E-state index in [9.17, 15) is 0 Å². The van der Waals surface area contributed by atoms with Gasteiger partial charge in [-0.1, -0.05) is 18.2 Å². The normalized spacial score (nSPS) is 19.9. The van der Waals surface area contributed by atoms with Crippen molar-refractivity contribution in [2.45, 2.75) is 12.8 Å². The topological polar surface area (TPSA) is 45.4 Å². The zero-order chi connectivity index (χ0) is 14.1. The van der Waals surface area contributed by atoms with Gasteiger partial charge < -0.3 is 9.42 Å². The minimum atomic E-state index is 0.603. The van der Waals surface area contributed by atoms with Crippen LogP contribution in [-0.4, -0.2) is 47.8 Å². The Balaban J connectivity index is 1.40. The van der Waals surface area contributed by atoms with Crippen LogP contribution >= 0.6 is 0 Å². The maximum Gasteiger partial charge on any atom is 0.266 e. The van der Waals surface area contributed by atoms with Crippen molar-refractivity contribution < 1.29 is 4.52 Å². The van der Waals surface area contributed by atoms with Crippen molar-refractivity contribution >= 4 is 5.95 Å². The van der Waals surface area contributed by atoms with E-state index in [1.165, 1.54) is 19.4 Å². The van der Waals surface area contributed by atoms with E-state index in [1.807, 2.05) is 30.3 Å². The average molecular weight is 284 g/mol. The Hall–Kier alpha value is -1.88. The SMILES string of the molecule is c1ccc(-c2nc(N3CCN(CC4CC4)CC3)no2)cc1. The van der Waals surface area contributed by atoms with E-state index >= 15 is 0 Å². The van der Waals surface area contributed by atoms with Crippen LogP contribution < -0.4 is 4.90 Å². The van der Waals surface area contributed by atoms with Crippen molar-refractivity contribution in [3.8, 4) is 11.5 Å². The minimum Gasteiger partial charge on any atom is -0.336 e. The molecule has 0 radical (unpaired) electrons. The average Bonchev–Trinajstić information content (AvgIpc) is 3.22. The third-order valence-electron chi connectivity index (χ3n) is 4.30. The van der Waals surface area contributed by atoms with Crippen LogP contribution in [0.1, 0.15) is 12.8 Å². The molecule has 2 aliphatic rings. The molecule has 110 valence electrons. The molecule has 2 heterocycles. The molecule has 0 N–H and O–H groups in total. The van der Waals surface area contributed by atoms with Crippen molar-refractivity contribution in [1.29, 1.82) is 0 Å². The molecule has 2 aromatic rings. The smallest absolute Gasteiger partial charge is 0.266 e. The summed E-state index contributed by atoms with van der Waals surface area (Å²) in [6.07, 6.45) is 2.84. The molecule has 0 unspecified atom stereocenters. The fourth-order valence-corrected chi connectivity index (χ4v) is 2.84. The van der Waals surface area contributed by atoms with E-state index in [2.05, 4.69) is 19.9 Å². The van der Waals surface area contributed by atoms with Crippen molar-refractivity contribution in [1.82, 2.24) is 15.0 Å². The minimum absolute atomic E-state index is 0.603. The van der Waals surface area contributed by atoms with Crippen LogP contribution in [0.4, 0.5) is 5.95 Å². The second-order valence-corrected chi connectivity index (χ2v) is 6.00. The lowest BCUT2D eigenvalue weighted by Gasteiger charge is -2.33. The number of hydrogen-bond donors (Lipinski definition) is 0. The summed E-state index contributed by atoms with van der Waals surface area (Å²) in [7, 11) is 0. The lowest BCUT2D eigenvalue weighted by molar-refractivity contribution is 0.246. The zero-order valence-corrected chi connectivity index (χ0v) is 12.1. The summed E-state index contributed by atoms with van der Waals surface area (Å²) >= 11 is 0. The number of hydrogen-bond acceptors (Lipinski definition) is 5. The van der Waals surface area contributed by atoms with Gasteiger partial charge >= 0.3 is 0 Å². The van der Waals surface area contributed by atoms with Crippen LogP contribution in [0, 0.1) is 5.92 Å². The van der Waals surface area contributed by atoms with E-state index in [-0.39, 0.29) is 0 Å². The first-order valence-corrected chi connectivity index (χ1v) is 7.75. The van der Waals surface area contributed by atoms with Crippen LogP contribution in [0.5, 0.6) is 0 Å². The Morgan fingerprint density at radius 3 is 2.52 bits per heavy atom. The van der Waals surface area contributed by atoms with Gasteiger partial charge in [-0.25, -0.2) is 0 Å². The first kappa shape index (κ1) is 12.8. The first-order chi connectivity index (χ1) is 10.4. The molecule has 0 spiro atoms. The molecule has 4 rings (SSSR count). The number of aromatic nitrogens is 2. The van der Waals surface area contributed by atoms with E-state index < -0.39 is 0 Å². The summed E-state index contributed by atoms with van der Waals surface area (Å²) in [5.41, 5.74) is 0.976. The quantitative estimate of drug-likeness (QED) is 0.862. The van der Waals surface area contributed by atoms with Crippen LogP contribution in [0.2, 0.25) is 0 Å². The fourth-order valence-electron chi connectivity index (χ4n) is 2.84. The Kier molecular flexibility index (Phi) is 3.35. The third-order valence-corrected chi connectivity index (χ3v) is 4.30. The van der Waals surface area contributed by atoms with Gasteiger partial charge in [0, 0.05) is 38.3 Å². The van der Waals surface area contributed by atoms with Crippen LogP contribution in [0.25, 0.3) is 11.5 Å². The molecule has 1 aliphatic carbocycles. The monoisotopic (exact) mass is 284 g/mol. The number of piperazine rings is 1. The van der Waals surface area contributed by atoms with Crippen LogP contribution in [0.15, 0.2) is 34.9 Å². The van der Waals surface area contributed by atoms with Crippen LogP contribution in [0.3, 0.4) is 0 Å². The maximum atomic E-state index is 5.39. The summed E-state index contributed by atoms with van der Waals surface area (Å²) < 4.78 is 5.39. The highest BCUT2D eigenvalue weighted by Gasteiger charge is 2.27. The molecular weight excluding hydrogens is 264 g/mol. The van der Waals surface area contributed by atoms with Crippen molar-refractivity contribution in [3.05, 3.63) is 30.3 Å². The van der Waals surface area contributed by atoms with Crippen molar-refractivity contribution in [3.63, 3.8) is 0 Å². The second kappa shape index (κ2) is 5.48. The highest BCUT2D eigenvalue weighted by atomic mass is 16.5.